The number of halogens is 1. The van der Waals surface area contributed by atoms with Crippen LogP contribution < -0.4 is 11.1 Å². The number of benzene rings is 1. The average Bonchev–Trinajstić information content (AvgIpc) is 2.78. The highest BCUT2D eigenvalue weighted by Crippen LogP contribution is 2.21. The second-order valence-electron chi connectivity index (χ2n) is 4.49. The topological polar surface area (TPSA) is 70.9 Å². The van der Waals surface area contributed by atoms with E-state index in [1.807, 2.05) is 6.92 Å². The van der Waals surface area contributed by atoms with Crippen molar-refractivity contribution in [2.45, 2.75) is 13.0 Å². The molecule has 5 nitrogen and oxygen atoms in total. The van der Waals surface area contributed by atoms with E-state index >= 15 is 0 Å². The maximum Gasteiger partial charge on any atom is 0.417 e. The zero-order valence-electron chi connectivity index (χ0n) is 10.7. The van der Waals surface area contributed by atoms with Crippen LogP contribution >= 0.6 is 0 Å². The van der Waals surface area contributed by atoms with Crippen molar-refractivity contribution in [3.8, 4) is 0 Å². The van der Waals surface area contributed by atoms with Gasteiger partial charge >= 0.3 is 5.76 Å². The van der Waals surface area contributed by atoms with Crippen LogP contribution in [0.2, 0.25) is 0 Å². The maximum atomic E-state index is 12.8. The van der Waals surface area contributed by atoms with Crippen LogP contribution in [0.15, 0.2) is 45.7 Å². The number of nitrogens with zero attached hydrogens (tertiary/aromatic N) is 1. The van der Waals surface area contributed by atoms with Crippen molar-refractivity contribution in [3.05, 3.63) is 58.6 Å². The lowest BCUT2D eigenvalue weighted by molar-refractivity contribution is 0.555. The minimum Gasteiger partial charge on any atom is -0.408 e. The van der Waals surface area contributed by atoms with E-state index in [4.69, 9.17) is 4.42 Å². The van der Waals surface area contributed by atoms with E-state index in [0.717, 1.165) is 11.4 Å². The number of anilines is 1. The molecule has 0 fully saturated rings. The Hall–Kier alpha value is -2.63. The number of oxazole rings is 1. The largest absolute Gasteiger partial charge is 0.417 e. The van der Waals surface area contributed by atoms with Gasteiger partial charge in [0.05, 0.1) is 23.4 Å². The summed E-state index contributed by atoms with van der Waals surface area (Å²) in [6.45, 7) is 1.92. The molecule has 0 bridgehead atoms. The summed E-state index contributed by atoms with van der Waals surface area (Å²) >= 11 is 0. The highest BCUT2D eigenvalue weighted by Gasteiger charge is 2.08. The second kappa shape index (κ2) is 4.80. The molecule has 0 saturated heterocycles. The third kappa shape index (κ3) is 2.40. The molecule has 0 amide bonds. The summed E-state index contributed by atoms with van der Waals surface area (Å²) in [7, 11) is 0. The van der Waals surface area contributed by atoms with Gasteiger partial charge in [-0.2, -0.15) is 0 Å². The Kier molecular flexibility index (Phi) is 2.98. The summed E-state index contributed by atoms with van der Waals surface area (Å²) in [4.78, 5) is 17.7. The Bertz CT molecular complexity index is 792. The molecule has 2 aromatic heterocycles. The summed E-state index contributed by atoms with van der Waals surface area (Å²) in [5.41, 5.74) is 2.67. The fourth-order valence-electron chi connectivity index (χ4n) is 2.01. The van der Waals surface area contributed by atoms with Gasteiger partial charge in [-0.05, 0) is 37.3 Å². The van der Waals surface area contributed by atoms with Crippen molar-refractivity contribution in [1.82, 2.24) is 9.97 Å². The van der Waals surface area contributed by atoms with E-state index in [2.05, 4.69) is 15.3 Å². The van der Waals surface area contributed by atoms with Crippen LogP contribution in [0, 0.1) is 5.82 Å². The van der Waals surface area contributed by atoms with Gasteiger partial charge in [-0.15, -0.1) is 0 Å². The molecule has 0 aliphatic heterocycles. The van der Waals surface area contributed by atoms with E-state index in [0.29, 0.717) is 11.1 Å². The van der Waals surface area contributed by atoms with E-state index in [1.54, 1.807) is 24.3 Å². The predicted octanol–water partition coefficient (Wildman–Crippen LogP) is 2.83. The number of pyridine rings is 1. The molecule has 2 heterocycles. The standard InChI is InChI=1S/C14H12FN3O2/c1-8(11-4-2-9(15)7-16-11)17-10-3-5-13-12(6-10)18-14(19)20-13/h2-8,17H,1H3,(H,18,19). The van der Waals surface area contributed by atoms with Crippen molar-refractivity contribution in [2.24, 2.45) is 0 Å². The highest BCUT2D eigenvalue weighted by molar-refractivity contribution is 5.76. The molecule has 1 atom stereocenters. The number of fused-ring (bicyclic) bond motifs is 1. The van der Waals surface area contributed by atoms with Gasteiger partial charge in [0.1, 0.15) is 5.82 Å². The predicted molar refractivity (Wildman–Crippen MR) is 73.1 cm³/mol. The molecule has 3 aromatic rings. The molecular weight excluding hydrogens is 261 g/mol. The molecule has 0 aliphatic carbocycles. The third-order valence-corrected chi connectivity index (χ3v) is 3.00. The molecule has 0 aliphatic rings. The van der Waals surface area contributed by atoms with Crippen molar-refractivity contribution in [3.63, 3.8) is 0 Å². The number of rotatable bonds is 3. The SMILES string of the molecule is CC(Nc1ccc2oc(=O)[nH]c2c1)c1ccc(F)cn1. The molecule has 6 heteroatoms. The van der Waals surface area contributed by atoms with Crippen LogP contribution in [-0.4, -0.2) is 9.97 Å². The maximum absolute atomic E-state index is 12.8. The molecule has 3 rings (SSSR count). The molecule has 1 aromatic carbocycles. The minimum atomic E-state index is -0.481. The van der Waals surface area contributed by atoms with Crippen molar-refractivity contribution >= 4 is 16.8 Å². The minimum absolute atomic E-state index is 0.0910. The van der Waals surface area contributed by atoms with Crippen LogP contribution in [-0.2, 0) is 0 Å². The fraction of sp³-hybridized carbons (Fsp3) is 0.143. The average molecular weight is 273 g/mol. The van der Waals surface area contributed by atoms with Crippen LogP contribution in [0.1, 0.15) is 18.7 Å². The summed E-state index contributed by atoms with van der Waals surface area (Å²) < 4.78 is 17.8. The lowest BCUT2D eigenvalue weighted by Crippen LogP contribution is -2.08. The van der Waals surface area contributed by atoms with Gasteiger partial charge in [0.25, 0.3) is 0 Å². The molecular formula is C14H12FN3O2. The number of nitrogens with one attached hydrogen (secondary N) is 2. The Morgan fingerprint density at radius 3 is 2.95 bits per heavy atom. The molecule has 0 saturated carbocycles. The van der Waals surface area contributed by atoms with Gasteiger partial charge in [0.2, 0.25) is 0 Å². The zero-order chi connectivity index (χ0) is 14.1. The van der Waals surface area contributed by atoms with E-state index < -0.39 is 5.76 Å². The second-order valence-corrected chi connectivity index (χ2v) is 4.49. The van der Waals surface area contributed by atoms with E-state index in [1.165, 1.54) is 12.3 Å². The number of hydrogen-bond acceptors (Lipinski definition) is 4. The Morgan fingerprint density at radius 2 is 2.20 bits per heavy atom. The fourth-order valence-corrected chi connectivity index (χ4v) is 2.01. The first-order valence-corrected chi connectivity index (χ1v) is 6.13. The summed E-state index contributed by atoms with van der Waals surface area (Å²) in [5, 5.41) is 3.23. The van der Waals surface area contributed by atoms with Crippen LogP contribution in [0.3, 0.4) is 0 Å². The zero-order valence-corrected chi connectivity index (χ0v) is 10.7. The van der Waals surface area contributed by atoms with Gasteiger partial charge in [-0.3, -0.25) is 9.97 Å². The number of hydrogen-bond donors (Lipinski definition) is 2. The summed E-state index contributed by atoms with van der Waals surface area (Å²) in [5.74, 6) is -0.844. The van der Waals surface area contributed by atoms with Crippen molar-refractivity contribution in [1.29, 1.82) is 0 Å². The first kappa shape index (κ1) is 12.4. The Labute approximate surface area is 113 Å². The first-order valence-electron chi connectivity index (χ1n) is 6.13. The van der Waals surface area contributed by atoms with Crippen LogP contribution in [0.5, 0.6) is 0 Å². The Morgan fingerprint density at radius 1 is 1.35 bits per heavy atom. The quantitative estimate of drug-likeness (QED) is 0.769. The van der Waals surface area contributed by atoms with Crippen LogP contribution in [0.4, 0.5) is 10.1 Å². The lowest BCUT2D eigenvalue weighted by Gasteiger charge is -2.14. The molecule has 1 unspecified atom stereocenters. The van der Waals surface area contributed by atoms with E-state index in [9.17, 15) is 9.18 Å². The normalized spacial score (nSPS) is 12.5. The van der Waals surface area contributed by atoms with Crippen LogP contribution in [0.25, 0.3) is 11.1 Å². The van der Waals surface area contributed by atoms with Crippen molar-refractivity contribution in [2.75, 3.05) is 5.32 Å². The van der Waals surface area contributed by atoms with Gasteiger partial charge in [-0.25, -0.2) is 9.18 Å². The van der Waals surface area contributed by atoms with Gasteiger partial charge in [0.15, 0.2) is 5.58 Å². The molecule has 0 spiro atoms. The van der Waals surface area contributed by atoms with Crippen molar-refractivity contribution < 1.29 is 8.81 Å². The Balaban J connectivity index is 1.84. The summed E-state index contributed by atoms with van der Waals surface area (Å²) in [6.07, 6.45) is 1.18. The highest BCUT2D eigenvalue weighted by atomic mass is 19.1. The first-order chi connectivity index (χ1) is 9.61. The smallest absolute Gasteiger partial charge is 0.408 e. The molecule has 0 radical (unpaired) electrons. The molecule has 20 heavy (non-hydrogen) atoms. The summed E-state index contributed by atoms with van der Waals surface area (Å²) in [6, 6.07) is 8.20. The molecule has 102 valence electrons. The van der Waals surface area contributed by atoms with Gasteiger partial charge in [0, 0.05) is 5.69 Å². The van der Waals surface area contributed by atoms with Gasteiger partial charge in [-0.1, -0.05) is 0 Å². The number of H-pyrrole nitrogens is 1. The van der Waals surface area contributed by atoms with E-state index in [-0.39, 0.29) is 11.9 Å². The molecule has 2 N–H and O–H groups in total. The number of aromatic nitrogens is 2. The van der Waals surface area contributed by atoms with Gasteiger partial charge < -0.3 is 9.73 Å². The number of aromatic amines is 1. The monoisotopic (exact) mass is 273 g/mol. The third-order valence-electron chi connectivity index (χ3n) is 3.00. The lowest BCUT2D eigenvalue weighted by atomic mass is 10.2.